The molecule has 0 bridgehead atoms. The van der Waals surface area contributed by atoms with Crippen LogP contribution >= 0.6 is 0 Å². The molecule has 0 aliphatic carbocycles. The van der Waals surface area contributed by atoms with Crippen molar-refractivity contribution in [2.45, 2.75) is 39.3 Å². The maximum absolute atomic E-state index is 12.5. The van der Waals surface area contributed by atoms with Gasteiger partial charge in [0.1, 0.15) is 5.60 Å². The van der Waals surface area contributed by atoms with Gasteiger partial charge in [0.25, 0.3) is 0 Å². The third-order valence-electron chi connectivity index (χ3n) is 4.55. The Morgan fingerprint density at radius 2 is 1.70 bits per heavy atom. The first kappa shape index (κ1) is 19.0. The van der Waals surface area contributed by atoms with Crippen molar-refractivity contribution < 1.29 is 19.1 Å². The molecule has 142 valence electrons. The van der Waals surface area contributed by atoms with Crippen molar-refractivity contribution in [1.29, 1.82) is 0 Å². The molecule has 3 rings (SSSR count). The monoisotopic (exact) mass is 367 g/mol. The highest BCUT2D eigenvalue weighted by Crippen LogP contribution is 2.33. The van der Waals surface area contributed by atoms with Crippen LogP contribution in [0.4, 0.5) is 4.79 Å². The largest absolute Gasteiger partial charge is 0.465 e. The predicted octanol–water partition coefficient (Wildman–Crippen LogP) is 4.43. The number of fused-ring (bicyclic) bond motifs is 1. The van der Waals surface area contributed by atoms with Crippen molar-refractivity contribution in [3.63, 3.8) is 0 Å². The number of nitrogens with zero attached hydrogens (tertiary/aromatic N) is 1. The lowest BCUT2D eigenvalue weighted by molar-refractivity contribution is 0.0221. The van der Waals surface area contributed by atoms with Crippen LogP contribution in [0.1, 0.15) is 42.3 Å². The SMILES string of the molecule is COC(=O)c1ccc(-c2ccccc2)c2c1CN(C(=O)OC(C)(C)C)CC2. The highest BCUT2D eigenvalue weighted by Gasteiger charge is 2.30. The normalized spacial score (nSPS) is 13.7. The number of ether oxygens (including phenoxy) is 2. The summed E-state index contributed by atoms with van der Waals surface area (Å²) in [6.45, 7) is 6.41. The molecule has 0 radical (unpaired) electrons. The number of carbonyl (C=O) groups is 2. The van der Waals surface area contributed by atoms with Gasteiger partial charge in [0.2, 0.25) is 0 Å². The summed E-state index contributed by atoms with van der Waals surface area (Å²) in [7, 11) is 1.37. The van der Waals surface area contributed by atoms with Gasteiger partial charge in [-0.25, -0.2) is 9.59 Å². The molecule has 0 N–H and O–H groups in total. The maximum atomic E-state index is 12.5. The van der Waals surface area contributed by atoms with E-state index in [-0.39, 0.29) is 6.09 Å². The zero-order valence-electron chi connectivity index (χ0n) is 16.2. The Morgan fingerprint density at radius 3 is 2.33 bits per heavy atom. The Labute approximate surface area is 159 Å². The first-order valence-corrected chi connectivity index (χ1v) is 9.06. The van der Waals surface area contributed by atoms with Crippen molar-refractivity contribution in [1.82, 2.24) is 4.90 Å². The van der Waals surface area contributed by atoms with Crippen LogP contribution in [-0.2, 0) is 22.4 Å². The van der Waals surface area contributed by atoms with E-state index in [0.29, 0.717) is 25.1 Å². The Balaban J connectivity index is 2.02. The summed E-state index contributed by atoms with van der Waals surface area (Å²) in [6, 6.07) is 13.8. The molecule has 27 heavy (non-hydrogen) atoms. The minimum Gasteiger partial charge on any atom is -0.465 e. The lowest BCUT2D eigenvalue weighted by Crippen LogP contribution is -2.40. The molecule has 1 aliphatic rings. The van der Waals surface area contributed by atoms with Crippen LogP contribution in [0.3, 0.4) is 0 Å². The van der Waals surface area contributed by atoms with Crippen LogP contribution in [0.2, 0.25) is 0 Å². The van der Waals surface area contributed by atoms with Crippen molar-refractivity contribution in [3.05, 3.63) is 59.2 Å². The fourth-order valence-electron chi connectivity index (χ4n) is 3.35. The number of hydrogen-bond donors (Lipinski definition) is 0. The lowest BCUT2D eigenvalue weighted by atomic mass is 9.87. The van der Waals surface area contributed by atoms with Crippen molar-refractivity contribution in [2.75, 3.05) is 13.7 Å². The van der Waals surface area contributed by atoms with Crippen LogP contribution in [0.5, 0.6) is 0 Å². The van der Waals surface area contributed by atoms with Gasteiger partial charge in [-0.15, -0.1) is 0 Å². The van der Waals surface area contributed by atoms with E-state index in [2.05, 4.69) is 0 Å². The number of amides is 1. The van der Waals surface area contributed by atoms with Crippen LogP contribution in [0.25, 0.3) is 11.1 Å². The molecule has 1 heterocycles. The van der Waals surface area contributed by atoms with E-state index in [0.717, 1.165) is 22.3 Å². The van der Waals surface area contributed by atoms with E-state index < -0.39 is 11.6 Å². The third kappa shape index (κ3) is 4.13. The summed E-state index contributed by atoms with van der Waals surface area (Å²) < 4.78 is 10.5. The molecule has 0 unspecified atom stereocenters. The summed E-state index contributed by atoms with van der Waals surface area (Å²) in [4.78, 5) is 26.4. The average molecular weight is 367 g/mol. The minimum absolute atomic E-state index is 0.329. The molecule has 1 aliphatic heterocycles. The van der Waals surface area contributed by atoms with E-state index in [9.17, 15) is 9.59 Å². The zero-order chi connectivity index (χ0) is 19.6. The number of hydrogen-bond acceptors (Lipinski definition) is 4. The summed E-state index contributed by atoms with van der Waals surface area (Å²) in [5.41, 5.74) is 4.04. The molecule has 5 nitrogen and oxygen atoms in total. The average Bonchev–Trinajstić information content (AvgIpc) is 2.65. The zero-order valence-corrected chi connectivity index (χ0v) is 16.2. The molecule has 0 spiro atoms. The topological polar surface area (TPSA) is 55.8 Å². The number of benzene rings is 2. The summed E-state index contributed by atoms with van der Waals surface area (Å²) in [5, 5.41) is 0. The van der Waals surface area contributed by atoms with E-state index in [1.54, 1.807) is 11.0 Å². The number of methoxy groups -OCH3 is 1. The molecule has 0 atom stereocenters. The number of rotatable bonds is 2. The second-order valence-corrected chi connectivity index (χ2v) is 7.63. The van der Waals surface area contributed by atoms with Crippen molar-refractivity contribution in [2.24, 2.45) is 0 Å². The van der Waals surface area contributed by atoms with Gasteiger partial charge < -0.3 is 14.4 Å². The van der Waals surface area contributed by atoms with E-state index in [1.807, 2.05) is 57.2 Å². The molecule has 0 saturated heterocycles. The molecule has 1 amide bonds. The van der Waals surface area contributed by atoms with Crippen LogP contribution in [0, 0.1) is 0 Å². The molecule has 0 aromatic heterocycles. The van der Waals surface area contributed by atoms with Gasteiger partial charge in [0.15, 0.2) is 0 Å². The molecule has 2 aromatic carbocycles. The summed E-state index contributed by atoms with van der Waals surface area (Å²) >= 11 is 0. The molecule has 2 aromatic rings. The summed E-state index contributed by atoms with van der Waals surface area (Å²) in [5.74, 6) is -0.392. The van der Waals surface area contributed by atoms with Gasteiger partial charge in [-0.2, -0.15) is 0 Å². The second kappa shape index (κ2) is 7.43. The highest BCUT2D eigenvalue weighted by atomic mass is 16.6. The minimum atomic E-state index is -0.561. The highest BCUT2D eigenvalue weighted by molar-refractivity contribution is 5.93. The van der Waals surface area contributed by atoms with Crippen LogP contribution in [0.15, 0.2) is 42.5 Å². The van der Waals surface area contributed by atoms with Gasteiger partial charge in [0.05, 0.1) is 19.2 Å². The van der Waals surface area contributed by atoms with Crippen LogP contribution < -0.4 is 0 Å². The quantitative estimate of drug-likeness (QED) is 0.737. The Hall–Kier alpha value is -2.82. The van der Waals surface area contributed by atoms with Crippen molar-refractivity contribution >= 4 is 12.1 Å². The lowest BCUT2D eigenvalue weighted by Gasteiger charge is -2.33. The van der Waals surface area contributed by atoms with Gasteiger partial charge in [-0.05, 0) is 55.5 Å². The molecule has 0 saturated carbocycles. The van der Waals surface area contributed by atoms with Crippen LogP contribution in [-0.4, -0.2) is 36.2 Å². The Morgan fingerprint density at radius 1 is 1.00 bits per heavy atom. The first-order valence-electron chi connectivity index (χ1n) is 9.06. The molecular formula is C22H25NO4. The molecular weight excluding hydrogens is 342 g/mol. The number of esters is 1. The smallest absolute Gasteiger partial charge is 0.410 e. The maximum Gasteiger partial charge on any atom is 0.410 e. The van der Waals surface area contributed by atoms with E-state index >= 15 is 0 Å². The summed E-state index contributed by atoms with van der Waals surface area (Å²) in [6.07, 6.45) is 0.290. The third-order valence-corrected chi connectivity index (χ3v) is 4.55. The Bertz CT molecular complexity index is 853. The van der Waals surface area contributed by atoms with Gasteiger partial charge >= 0.3 is 12.1 Å². The van der Waals surface area contributed by atoms with Crippen molar-refractivity contribution in [3.8, 4) is 11.1 Å². The van der Waals surface area contributed by atoms with E-state index in [1.165, 1.54) is 7.11 Å². The fraction of sp³-hybridized carbons (Fsp3) is 0.364. The molecule has 5 heteroatoms. The Kier molecular flexibility index (Phi) is 5.22. The fourth-order valence-corrected chi connectivity index (χ4v) is 3.35. The van der Waals surface area contributed by atoms with Gasteiger partial charge in [-0.3, -0.25) is 0 Å². The van der Waals surface area contributed by atoms with Gasteiger partial charge in [-0.1, -0.05) is 36.4 Å². The molecule has 0 fully saturated rings. The predicted molar refractivity (Wildman–Crippen MR) is 104 cm³/mol. The van der Waals surface area contributed by atoms with E-state index in [4.69, 9.17) is 9.47 Å². The number of carbonyl (C=O) groups excluding carboxylic acids is 2. The first-order chi connectivity index (χ1) is 12.8. The second-order valence-electron chi connectivity index (χ2n) is 7.63. The van der Waals surface area contributed by atoms with Gasteiger partial charge in [0, 0.05) is 6.54 Å². The standard InChI is InChI=1S/C22H25NO4/c1-22(2,3)27-21(25)23-13-12-17-16(15-8-6-5-7-9-15)10-11-18(19(17)14-23)20(24)26-4/h5-11H,12-14H2,1-4H3.